The Hall–Kier alpha value is -2.61. The van der Waals surface area contributed by atoms with Crippen molar-refractivity contribution in [2.24, 2.45) is 0 Å². The number of carbonyl (C=O) groups is 1. The van der Waals surface area contributed by atoms with Crippen LogP contribution in [0.5, 0.6) is 0 Å². The summed E-state index contributed by atoms with van der Waals surface area (Å²) < 4.78 is 1.60. The molecule has 0 aliphatic heterocycles. The van der Waals surface area contributed by atoms with E-state index in [4.69, 9.17) is 5.26 Å². The molecule has 1 amide bonds. The molecule has 19 heavy (non-hydrogen) atoms. The third kappa shape index (κ3) is 3.19. The van der Waals surface area contributed by atoms with Gasteiger partial charge in [-0.3, -0.25) is 9.48 Å². The molecule has 2 rings (SSSR count). The van der Waals surface area contributed by atoms with Crippen LogP contribution in [0, 0.1) is 11.3 Å². The quantitative estimate of drug-likeness (QED) is 0.901. The van der Waals surface area contributed by atoms with E-state index in [1.165, 1.54) is 0 Å². The third-order valence-corrected chi connectivity index (χ3v) is 2.82. The Morgan fingerprint density at radius 2 is 2.37 bits per heavy atom. The molecule has 1 aromatic heterocycles. The van der Waals surface area contributed by atoms with Gasteiger partial charge in [-0.2, -0.15) is 10.4 Å². The lowest BCUT2D eigenvalue weighted by Gasteiger charge is -2.12. The topological polar surface area (TPSA) is 70.7 Å². The van der Waals surface area contributed by atoms with E-state index in [0.717, 1.165) is 5.56 Å². The molecule has 0 unspecified atom stereocenters. The van der Waals surface area contributed by atoms with Gasteiger partial charge in [-0.1, -0.05) is 12.1 Å². The largest absolute Gasteiger partial charge is 0.350 e. The average molecular weight is 254 g/mol. The predicted molar refractivity (Wildman–Crippen MR) is 69.9 cm³/mol. The van der Waals surface area contributed by atoms with Gasteiger partial charge in [0.1, 0.15) is 6.04 Å². The average Bonchev–Trinajstić information content (AvgIpc) is 2.98. The van der Waals surface area contributed by atoms with Crippen molar-refractivity contribution in [3.63, 3.8) is 0 Å². The number of nitrogens with one attached hydrogen (secondary N) is 1. The molecule has 1 N–H and O–H groups in total. The molecular weight excluding hydrogens is 240 g/mol. The summed E-state index contributed by atoms with van der Waals surface area (Å²) in [6, 6.07) is 10.7. The highest BCUT2D eigenvalue weighted by Gasteiger charge is 2.14. The van der Waals surface area contributed by atoms with Gasteiger partial charge in [0.2, 0.25) is 5.91 Å². The molecule has 1 atom stereocenters. The minimum atomic E-state index is -0.353. The highest BCUT2D eigenvalue weighted by molar-refractivity contribution is 5.79. The summed E-state index contributed by atoms with van der Waals surface area (Å²) in [5, 5.41) is 15.7. The van der Waals surface area contributed by atoms with Crippen LogP contribution in [0.4, 0.5) is 0 Å². The van der Waals surface area contributed by atoms with E-state index in [2.05, 4.69) is 16.5 Å². The van der Waals surface area contributed by atoms with Crippen molar-refractivity contribution in [3.05, 3.63) is 53.9 Å². The monoisotopic (exact) mass is 254 g/mol. The first-order valence-corrected chi connectivity index (χ1v) is 5.96. The summed E-state index contributed by atoms with van der Waals surface area (Å²) >= 11 is 0. The maximum atomic E-state index is 11.9. The number of amides is 1. The molecule has 0 saturated carbocycles. The second kappa shape index (κ2) is 5.83. The van der Waals surface area contributed by atoms with E-state index < -0.39 is 0 Å². The number of nitrogens with zero attached hydrogens (tertiary/aromatic N) is 3. The Labute approximate surface area is 111 Å². The van der Waals surface area contributed by atoms with E-state index in [0.29, 0.717) is 12.1 Å². The third-order valence-electron chi connectivity index (χ3n) is 2.82. The zero-order valence-corrected chi connectivity index (χ0v) is 10.6. The first-order valence-electron chi connectivity index (χ1n) is 5.96. The number of hydrogen-bond donors (Lipinski definition) is 1. The molecule has 0 radical (unpaired) electrons. The van der Waals surface area contributed by atoms with Crippen LogP contribution in [0.3, 0.4) is 0 Å². The summed E-state index contributed by atoms with van der Waals surface area (Å²) in [6.45, 7) is 2.19. The molecule has 0 fully saturated rings. The smallest absolute Gasteiger partial charge is 0.244 e. The Bertz CT molecular complexity index is 598. The van der Waals surface area contributed by atoms with Gasteiger partial charge < -0.3 is 5.32 Å². The van der Waals surface area contributed by atoms with Crippen LogP contribution in [0.25, 0.3) is 0 Å². The summed E-state index contributed by atoms with van der Waals surface area (Å²) in [5.41, 5.74) is 1.49. The van der Waals surface area contributed by atoms with Gasteiger partial charge in [0.05, 0.1) is 11.6 Å². The molecular formula is C14H14N4O. The van der Waals surface area contributed by atoms with Crippen LogP contribution >= 0.6 is 0 Å². The number of rotatable bonds is 4. The van der Waals surface area contributed by atoms with E-state index >= 15 is 0 Å². The van der Waals surface area contributed by atoms with Crippen LogP contribution in [-0.2, 0) is 11.3 Å². The van der Waals surface area contributed by atoms with Gasteiger partial charge in [-0.15, -0.1) is 0 Å². The second-order valence-corrected chi connectivity index (χ2v) is 4.19. The van der Waals surface area contributed by atoms with E-state index in [1.807, 2.05) is 6.07 Å². The standard InChI is InChI=1S/C14H14N4O/c1-11(18-7-3-6-17-18)14(19)16-10-13-5-2-4-12(8-13)9-15/h2-8,11H,10H2,1H3,(H,16,19)/t11-/m1/s1. The minimum absolute atomic E-state index is 0.105. The summed E-state index contributed by atoms with van der Waals surface area (Å²) in [7, 11) is 0. The molecule has 1 aromatic carbocycles. The van der Waals surface area contributed by atoms with Crippen molar-refractivity contribution in [2.45, 2.75) is 19.5 Å². The summed E-state index contributed by atoms with van der Waals surface area (Å²) in [4.78, 5) is 11.9. The van der Waals surface area contributed by atoms with Gasteiger partial charge in [0, 0.05) is 18.9 Å². The molecule has 0 saturated heterocycles. The lowest BCUT2D eigenvalue weighted by Crippen LogP contribution is -2.30. The van der Waals surface area contributed by atoms with Crippen molar-refractivity contribution in [1.82, 2.24) is 15.1 Å². The van der Waals surface area contributed by atoms with Crippen molar-refractivity contribution in [2.75, 3.05) is 0 Å². The maximum Gasteiger partial charge on any atom is 0.244 e. The SMILES string of the molecule is C[C@H](C(=O)NCc1cccc(C#N)c1)n1cccn1. The number of benzene rings is 1. The van der Waals surface area contributed by atoms with Crippen molar-refractivity contribution in [3.8, 4) is 6.07 Å². The van der Waals surface area contributed by atoms with Crippen molar-refractivity contribution in [1.29, 1.82) is 5.26 Å². The molecule has 5 nitrogen and oxygen atoms in total. The fraction of sp³-hybridized carbons (Fsp3) is 0.214. The molecule has 0 aliphatic carbocycles. The maximum absolute atomic E-state index is 11.9. The fourth-order valence-electron chi connectivity index (χ4n) is 1.72. The molecule has 96 valence electrons. The van der Waals surface area contributed by atoms with Gasteiger partial charge in [0.15, 0.2) is 0 Å². The second-order valence-electron chi connectivity index (χ2n) is 4.19. The number of hydrogen-bond acceptors (Lipinski definition) is 3. The Kier molecular flexibility index (Phi) is 3.94. The molecule has 0 aliphatic rings. The number of carbonyl (C=O) groups excluding carboxylic acids is 1. The van der Waals surface area contributed by atoms with Gasteiger partial charge in [-0.25, -0.2) is 0 Å². The summed E-state index contributed by atoms with van der Waals surface area (Å²) in [5.74, 6) is -0.105. The first kappa shape index (κ1) is 12.8. The van der Waals surface area contributed by atoms with Crippen LogP contribution in [0.1, 0.15) is 24.1 Å². The fourth-order valence-corrected chi connectivity index (χ4v) is 1.72. The number of nitriles is 1. The van der Waals surface area contributed by atoms with E-state index in [1.54, 1.807) is 48.3 Å². The van der Waals surface area contributed by atoms with Gasteiger partial charge in [-0.05, 0) is 30.7 Å². The minimum Gasteiger partial charge on any atom is -0.350 e. The lowest BCUT2D eigenvalue weighted by atomic mass is 10.1. The highest BCUT2D eigenvalue weighted by atomic mass is 16.2. The molecule has 1 heterocycles. The normalized spacial score (nSPS) is 11.6. The van der Waals surface area contributed by atoms with Crippen LogP contribution in [-0.4, -0.2) is 15.7 Å². The zero-order chi connectivity index (χ0) is 13.7. The molecule has 0 spiro atoms. The van der Waals surface area contributed by atoms with Crippen LogP contribution in [0.2, 0.25) is 0 Å². The van der Waals surface area contributed by atoms with E-state index in [9.17, 15) is 4.79 Å². The van der Waals surface area contributed by atoms with Gasteiger partial charge in [0.25, 0.3) is 0 Å². The summed E-state index contributed by atoms with van der Waals surface area (Å²) in [6.07, 6.45) is 3.39. The lowest BCUT2D eigenvalue weighted by molar-refractivity contribution is -0.124. The van der Waals surface area contributed by atoms with Crippen LogP contribution < -0.4 is 5.32 Å². The first-order chi connectivity index (χ1) is 9.20. The zero-order valence-electron chi connectivity index (χ0n) is 10.6. The molecule has 5 heteroatoms. The predicted octanol–water partition coefficient (Wildman–Crippen LogP) is 1.63. The highest BCUT2D eigenvalue weighted by Crippen LogP contribution is 2.06. The number of aromatic nitrogens is 2. The van der Waals surface area contributed by atoms with E-state index in [-0.39, 0.29) is 11.9 Å². The molecule has 0 bridgehead atoms. The Balaban J connectivity index is 1.95. The molecule has 2 aromatic rings. The Morgan fingerprint density at radius 3 is 3.05 bits per heavy atom. The van der Waals surface area contributed by atoms with Crippen LogP contribution in [0.15, 0.2) is 42.7 Å². The van der Waals surface area contributed by atoms with Crippen molar-refractivity contribution >= 4 is 5.91 Å². The van der Waals surface area contributed by atoms with Crippen molar-refractivity contribution < 1.29 is 4.79 Å². The Morgan fingerprint density at radius 1 is 1.53 bits per heavy atom. The van der Waals surface area contributed by atoms with Gasteiger partial charge >= 0.3 is 0 Å².